The summed E-state index contributed by atoms with van der Waals surface area (Å²) in [5, 5.41) is 0.0432. The molecular weight excluding hydrogens is 248 g/mol. The average Bonchev–Trinajstić information content (AvgIpc) is 2.02. The van der Waals surface area contributed by atoms with Crippen molar-refractivity contribution in [2.45, 2.75) is 9.79 Å². The van der Waals surface area contributed by atoms with Crippen molar-refractivity contribution in [3.8, 4) is 0 Å². The maximum atomic E-state index is 11.2. The molecule has 1 rings (SSSR count). The third kappa shape index (κ3) is 2.54. The molecule has 0 fully saturated rings. The van der Waals surface area contributed by atoms with Gasteiger partial charge in [-0.25, -0.2) is 12.6 Å². The lowest BCUT2D eigenvalue weighted by Gasteiger charge is -2.02. The predicted octanol–water partition coefficient (Wildman–Crippen LogP) is 1.32. The van der Waals surface area contributed by atoms with Gasteiger partial charge in [-0.15, -0.1) is 0 Å². The van der Waals surface area contributed by atoms with Crippen LogP contribution in [0.2, 0.25) is 5.02 Å². The Bertz CT molecular complexity index is 480. The number of hydrogen-bond acceptors (Lipinski definition) is 3. The van der Waals surface area contributed by atoms with Gasteiger partial charge in [0.05, 0.1) is 14.8 Å². The molecular formula is C7H7ClO4S2. The Kier molecular flexibility index (Phi) is 3.31. The fourth-order valence-corrected chi connectivity index (χ4v) is 2.66. The smallest absolute Gasteiger partial charge is 0.186 e. The number of halogens is 1. The summed E-state index contributed by atoms with van der Waals surface area (Å²) in [5.74, 6) is 0. The standard InChI is InChI=1S/C7H7ClO4S2/c1-14(11,12)7-4-5(13(9)10)2-3-6(7)8/h2-4H,1H3,(H,9,10). The van der Waals surface area contributed by atoms with Crippen LogP contribution in [0.1, 0.15) is 0 Å². The summed E-state index contributed by atoms with van der Waals surface area (Å²) >= 11 is 3.42. The highest BCUT2D eigenvalue weighted by atomic mass is 35.5. The van der Waals surface area contributed by atoms with E-state index in [0.717, 1.165) is 12.3 Å². The molecule has 1 atom stereocenters. The molecule has 7 heteroatoms. The van der Waals surface area contributed by atoms with Crippen LogP contribution < -0.4 is 0 Å². The number of hydrogen-bond donors (Lipinski definition) is 1. The van der Waals surface area contributed by atoms with Crippen molar-refractivity contribution in [3.05, 3.63) is 23.2 Å². The van der Waals surface area contributed by atoms with Crippen LogP contribution in [0.5, 0.6) is 0 Å². The van der Waals surface area contributed by atoms with Gasteiger partial charge < -0.3 is 4.55 Å². The molecule has 0 aliphatic rings. The molecule has 0 saturated carbocycles. The number of rotatable bonds is 2. The lowest BCUT2D eigenvalue weighted by atomic mass is 10.4. The molecule has 78 valence electrons. The van der Waals surface area contributed by atoms with E-state index in [0.29, 0.717) is 0 Å². The Morgan fingerprint density at radius 3 is 2.43 bits per heavy atom. The molecule has 1 unspecified atom stereocenters. The van der Waals surface area contributed by atoms with E-state index in [9.17, 15) is 12.6 Å². The highest BCUT2D eigenvalue weighted by Gasteiger charge is 2.14. The Morgan fingerprint density at radius 1 is 1.43 bits per heavy atom. The maximum Gasteiger partial charge on any atom is 0.186 e. The summed E-state index contributed by atoms with van der Waals surface area (Å²) in [6, 6.07) is 3.67. The number of benzene rings is 1. The molecule has 1 N–H and O–H groups in total. The van der Waals surface area contributed by atoms with Gasteiger partial charge in [0.25, 0.3) is 0 Å². The van der Waals surface area contributed by atoms with E-state index >= 15 is 0 Å². The largest absolute Gasteiger partial charge is 0.302 e. The van der Waals surface area contributed by atoms with Gasteiger partial charge in [0.1, 0.15) is 0 Å². The molecule has 0 radical (unpaired) electrons. The molecule has 0 saturated heterocycles. The first kappa shape index (κ1) is 11.6. The molecule has 0 aromatic heterocycles. The van der Waals surface area contributed by atoms with E-state index in [2.05, 4.69) is 0 Å². The van der Waals surface area contributed by atoms with Crippen molar-refractivity contribution in [1.82, 2.24) is 0 Å². The van der Waals surface area contributed by atoms with Crippen molar-refractivity contribution >= 4 is 32.5 Å². The first-order chi connectivity index (χ1) is 6.32. The first-order valence-electron chi connectivity index (χ1n) is 3.43. The van der Waals surface area contributed by atoms with E-state index < -0.39 is 20.9 Å². The summed E-state index contributed by atoms with van der Waals surface area (Å²) in [6.07, 6.45) is 0.984. The summed E-state index contributed by atoms with van der Waals surface area (Å²) in [4.78, 5) is -0.131. The van der Waals surface area contributed by atoms with E-state index in [1.54, 1.807) is 0 Å². The lowest BCUT2D eigenvalue weighted by molar-refractivity contribution is 0.564. The van der Waals surface area contributed by atoms with Crippen LogP contribution in [0.3, 0.4) is 0 Å². The second-order valence-corrected chi connectivity index (χ2v) is 5.97. The topological polar surface area (TPSA) is 71.4 Å². The Labute approximate surface area is 89.1 Å². The zero-order valence-corrected chi connectivity index (χ0v) is 9.49. The van der Waals surface area contributed by atoms with Gasteiger partial charge in [-0.05, 0) is 18.2 Å². The number of sulfone groups is 1. The Balaban J connectivity index is 3.44. The van der Waals surface area contributed by atoms with E-state index in [-0.39, 0.29) is 14.8 Å². The summed E-state index contributed by atoms with van der Waals surface area (Å²) in [6.45, 7) is 0. The maximum absolute atomic E-state index is 11.2. The average molecular weight is 255 g/mol. The van der Waals surface area contributed by atoms with Gasteiger partial charge in [-0.2, -0.15) is 0 Å². The van der Waals surface area contributed by atoms with Crippen LogP contribution in [0.15, 0.2) is 28.0 Å². The molecule has 0 heterocycles. The fourth-order valence-electron chi connectivity index (χ4n) is 0.876. The van der Waals surface area contributed by atoms with Crippen molar-refractivity contribution in [3.63, 3.8) is 0 Å². The van der Waals surface area contributed by atoms with Crippen molar-refractivity contribution in [1.29, 1.82) is 0 Å². The van der Waals surface area contributed by atoms with E-state index in [1.165, 1.54) is 12.1 Å². The van der Waals surface area contributed by atoms with Gasteiger partial charge in [0.2, 0.25) is 0 Å². The third-order valence-corrected chi connectivity index (χ3v) is 3.74. The minimum absolute atomic E-state index is 0.00910. The second-order valence-electron chi connectivity index (χ2n) is 2.61. The minimum Gasteiger partial charge on any atom is -0.302 e. The molecule has 0 amide bonds. The highest BCUT2D eigenvalue weighted by Crippen LogP contribution is 2.23. The van der Waals surface area contributed by atoms with Crippen molar-refractivity contribution < 1.29 is 17.2 Å². The minimum atomic E-state index is -3.47. The SMILES string of the molecule is CS(=O)(=O)c1cc(S(=O)O)ccc1Cl. The molecule has 0 spiro atoms. The van der Waals surface area contributed by atoms with Gasteiger partial charge in [-0.3, -0.25) is 0 Å². The molecule has 14 heavy (non-hydrogen) atoms. The summed E-state index contributed by atoms with van der Waals surface area (Å²) in [5.41, 5.74) is 0. The Hall–Kier alpha value is -0.430. The van der Waals surface area contributed by atoms with Crippen LogP contribution >= 0.6 is 11.6 Å². The second kappa shape index (κ2) is 3.98. The summed E-state index contributed by atoms with van der Waals surface area (Å²) < 4.78 is 41.7. The first-order valence-corrected chi connectivity index (χ1v) is 6.80. The van der Waals surface area contributed by atoms with Crippen LogP contribution in [0.4, 0.5) is 0 Å². The predicted molar refractivity (Wildman–Crippen MR) is 53.6 cm³/mol. The zero-order valence-electron chi connectivity index (χ0n) is 7.10. The van der Waals surface area contributed by atoms with Crippen LogP contribution in [-0.2, 0) is 20.9 Å². The van der Waals surface area contributed by atoms with Crippen molar-refractivity contribution in [2.24, 2.45) is 0 Å². The molecule has 4 nitrogen and oxygen atoms in total. The third-order valence-electron chi connectivity index (χ3n) is 1.50. The van der Waals surface area contributed by atoms with Gasteiger partial charge >= 0.3 is 0 Å². The van der Waals surface area contributed by atoms with Crippen molar-refractivity contribution in [2.75, 3.05) is 6.26 Å². The highest BCUT2D eigenvalue weighted by molar-refractivity contribution is 7.90. The normalized spacial score (nSPS) is 13.9. The quantitative estimate of drug-likeness (QED) is 0.808. The van der Waals surface area contributed by atoms with Crippen LogP contribution in [-0.4, -0.2) is 23.4 Å². The Morgan fingerprint density at radius 2 is 2.00 bits per heavy atom. The van der Waals surface area contributed by atoms with E-state index in [4.69, 9.17) is 16.2 Å². The van der Waals surface area contributed by atoms with Crippen LogP contribution in [0, 0.1) is 0 Å². The van der Waals surface area contributed by atoms with Crippen LogP contribution in [0.25, 0.3) is 0 Å². The summed E-state index contributed by atoms with van der Waals surface area (Å²) in [7, 11) is -3.47. The lowest BCUT2D eigenvalue weighted by Crippen LogP contribution is -2.00. The monoisotopic (exact) mass is 254 g/mol. The van der Waals surface area contributed by atoms with Gasteiger partial charge in [-0.1, -0.05) is 11.6 Å². The molecule has 0 aliphatic carbocycles. The molecule has 1 aromatic rings. The van der Waals surface area contributed by atoms with Gasteiger partial charge in [0, 0.05) is 6.26 Å². The molecule has 1 aromatic carbocycles. The van der Waals surface area contributed by atoms with Gasteiger partial charge in [0.15, 0.2) is 20.9 Å². The fraction of sp³-hybridized carbons (Fsp3) is 0.143. The zero-order chi connectivity index (χ0) is 10.9. The molecule has 0 bridgehead atoms. The molecule has 0 aliphatic heterocycles. The van der Waals surface area contributed by atoms with E-state index in [1.807, 2.05) is 0 Å².